The van der Waals surface area contributed by atoms with Crippen LogP contribution in [0, 0.1) is 5.41 Å². The molecule has 1 unspecified atom stereocenters. The standard InChI is InChI=1S/C31H38F6N2O3/c1-21(22-16-24(30(32,33)34)18-25(17-22)31(35,36)37)27(41)38-29(23-6-4-3-5-7-23)10-8-26(9-11-29)39-14-12-28(19-40,13-15-39)20-42-2/h3-7,16-18,21,26,40H,8-15,19-20H2,1-2H3,(H,38,41). The molecule has 0 spiro atoms. The highest BCUT2D eigenvalue weighted by atomic mass is 19.4. The second-order valence-electron chi connectivity index (χ2n) is 11.9. The molecule has 1 saturated carbocycles. The highest BCUT2D eigenvalue weighted by Gasteiger charge is 2.43. The molecule has 2 aromatic rings. The second kappa shape index (κ2) is 12.5. The van der Waals surface area contributed by atoms with Gasteiger partial charge in [-0.2, -0.15) is 26.3 Å². The van der Waals surface area contributed by atoms with Gasteiger partial charge in [-0.15, -0.1) is 0 Å². The van der Waals surface area contributed by atoms with Crippen LogP contribution >= 0.6 is 0 Å². The number of nitrogens with one attached hydrogen (secondary N) is 1. The number of alkyl halides is 6. The van der Waals surface area contributed by atoms with E-state index in [0.717, 1.165) is 44.3 Å². The Kier molecular flexibility index (Phi) is 9.64. The molecule has 2 aliphatic rings. The number of benzene rings is 2. The molecule has 1 aliphatic carbocycles. The predicted molar refractivity (Wildman–Crippen MR) is 146 cm³/mol. The first-order chi connectivity index (χ1) is 19.7. The summed E-state index contributed by atoms with van der Waals surface area (Å²) in [5.41, 5.74) is -3.43. The van der Waals surface area contributed by atoms with Gasteiger partial charge >= 0.3 is 12.4 Å². The summed E-state index contributed by atoms with van der Waals surface area (Å²) in [5.74, 6) is -1.88. The first-order valence-electron chi connectivity index (χ1n) is 14.2. The third-order valence-corrected chi connectivity index (χ3v) is 9.16. The molecule has 1 atom stereocenters. The Morgan fingerprint density at radius 3 is 2.00 bits per heavy atom. The molecule has 1 saturated heterocycles. The van der Waals surface area contributed by atoms with Crippen molar-refractivity contribution in [1.82, 2.24) is 10.2 Å². The van der Waals surface area contributed by atoms with E-state index >= 15 is 0 Å². The molecule has 1 amide bonds. The van der Waals surface area contributed by atoms with Crippen LogP contribution in [0.5, 0.6) is 0 Å². The smallest absolute Gasteiger partial charge is 0.396 e. The quantitative estimate of drug-likeness (QED) is 0.340. The second-order valence-corrected chi connectivity index (χ2v) is 11.9. The molecule has 232 valence electrons. The van der Waals surface area contributed by atoms with Crippen LogP contribution < -0.4 is 5.32 Å². The number of hydrogen-bond donors (Lipinski definition) is 2. The first-order valence-corrected chi connectivity index (χ1v) is 14.2. The van der Waals surface area contributed by atoms with E-state index in [1.807, 2.05) is 30.3 Å². The van der Waals surface area contributed by atoms with Crippen molar-refractivity contribution in [3.63, 3.8) is 0 Å². The maximum atomic E-state index is 13.5. The lowest BCUT2D eigenvalue weighted by atomic mass is 9.73. The average Bonchev–Trinajstić information content (AvgIpc) is 2.97. The van der Waals surface area contributed by atoms with Gasteiger partial charge in [-0.25, -0.2) is 0 Å². The summed E-state index contributed by atoms with van der Waals surface area (Å²) in [5, 5.41) is 13.0. The van der Waals surface area contributed by atoms with Crippen LogP contribution in [0.3, 0.4) is 0 Å². The van der Waals surface area contributed by atoms with E-state index < -0.39 is 40.8 Å². The Morgan fingerprint density at radius 1 is 0.976 bits per heavy atom. The summed E-state index contributed by atoms with van der Waals surface area (Å²) in [7, 11) is 1.63. The number of amides is 1. The zero-order valence-electron chi connectivity index (χ0n) is 23.8. The molecule has 2 N–H and O–H groups in total. The molecule has 4 rings (SSSR count). The first kappa shape index (κ1) is 32.3. The van der Waals surface area contributed by atoms with Gasteiger partial charge in [0.05, 0.1) is 35.8 Å². The fourth-order valence-corrected chi connectivity index (χ4v) is 6.45. The van der Waals surface area contributed by atoms with Crippen molar-refractivity contribution >= 4 is 5.91 Å². The fraction of sp³-hybridized carbons (Fsp3) is 0.581. The minimum atomic E-state index is -5.00. The lowest BCUT2D eigenvalue weighted by Gasteiger charge is -2.48. The number of ether oxygens (including phenoxy) is 1. The fourth-order valence-electron chi connectivity index (χ4n) is 6.45. The van der Waals surface area contributed by atoms with Gasteiger partial charge in [0.25, 0.3) is 0 Å². The molecular weight excluding hydrogens is 562 g/mol. The van der Waals surface area contributed by atoms with E-state index in [-0.39, 0.29) is 29.7 Å². The van der Waals surface area contributed by atoms with Crippen LogP contribution in [-0.4, -0.2) is 55.4 Å². The largest absolute Gasteiger partial charge is 0.416 e. The number of likely N-dealkylation sites (tertiary alicyclic amines) is 1. The zero-order chi connectivity index (χ0) is 30.8. The molecule has 2 fully saturated rings. The molecule has 5 nitrogen and oxygen atoms in total. The van der Waals surface area contributed by atoms with Crippen LogP contribution in [0.1, 0.15) is 73.6 Å². The van der Waals surface area contributed by atoms with Gasteiger partial charge in [0, 0.05) is 18.6 Å². The maximum Gasteiger partial charge on any atom is 0.416 e. The van der Waals surface area contributed by atoms with E-state index in [0.29, 0.717) is 31.6 Å². The van der Waals surface area contributed by atoms with E-state index in [1.54, 1.807) is 7.11 Å². The highest BCUT2D eigenvalue weighted by molar-refractivity contribution is 5.84. The number of halogens is 6. The number of methoxy groups -OCH3 is 1. The topological polar surface area (TPSA) is 61.8 Å². The molecule has 0 aromatic heterocycles. The van der Waals surface area contributed by atoms with Crippen molar-refractivity contribution in [1.29, 1.82) is 0 Å². The number of carbonyl (C=O) groups is 1. The Labute approximate surface area is 242 Å². The summed E-state index contributed by atoms with van der Waals surface area (Å²) in [6.07, 6.45) is -5.74. The number of carbonyl (C=O) groups excluding carboxylic acids is 1. The molecule has 2 aromatic carbocycles. The lowest BCUT2D eigenvalue weighted by molar-refractivity contribution is -0.143. The highest BCUT2D eigenvalue weighted by Crippen LogP contribution is 2.42. The van der Waals surface area contributed by atoms with Crippen molar-refractivity contribution in [2.75, 3.05) is 33.4 Å². The molecule has 0 bridgehead atoms. The number of aliphatic hydroxyl groups excluding tert-OH is 1. The van der Waals surface area contributed by atoms with Crippen molar-refractivity contribution in [3.05, 3.63) is 70.8 Å². The van der Waals surface area contributed by atoms with Crippen LogP contribution in [0.4, 0.5) is 26.3 Å². The molecular formula is C31H38F6N2O3. The van der Waals surface area contributed by atoms with E-state index in [1.165, 1.54) is 6.92 Å². The third-order valence-electron chi connectivity index (χ3n) is 9.16. The number of nitrogens with zero attached hydrogens (tertiary/aromatic N) is 1. The maximum absolute atomic E-state index is 13.5. The third kappa shape index (κ3) is 7.11. The molecule has 1 aliphatic heterocycles. The van der Waals surface area contributed by atoms with Crippen LogP contribution in [0.25, 0.3) is 0 Å². The summed E-state index contributed by atoms with van der Waals surface area (Å²) in [6.45, 7) is 3.52. The monoisotopic (exact) mass is 600 g/mol. The molecule has 42 heavy (non-hydrogen) atoms. The van der Waals surface area contributed by atoms with Gasteiger partial charge < -0.3 is 20.1 Å². The average molecular weight is 601 g/mol. The molecule has 0 radical (unpaired) electrons. The minimum absolute atomic E-state index is 0.0665. The SMILES string of the molecule is COCC1(CO)CCN(C2CCC(NC(=O)C(C)c3cc(C(F)(F)F)cc(C(F)(F)F)c3)(c3ccccc3)CC2)CC1. The normalized spacial score (nSPS) is 24.3. The number of aliphatic hydroxyl groups is 1. The van der Waals surface area contributed by atoms with Gasteiger partial charge in [-0.3, -0.25) is 4.79 Å². The van der Waals surface area contributed by atoms with Crippen molar-refractivity contribution in [2.24, 2.45) is 5.41 Å². The van der Waals surface area contributed by atoms with Gasteiger partial charge in [-0.1, -0.05) is 30.3 Å². The Morgan fingerprint density at radius 2 is 1.52 bits per heavy atom. The lowest BCUT2D eigenvalue weighted by Crippen LogP contribution is -2.54. The molecule has 11 heteroatoms. The van der Waals surface area contributed by atoms with Gasteiger partial charge in [0.1, 0.15) is 0 Å². The van der Waals surface area contributed by atoms with Gasteiger partial charge in [0.15, 0.2) is 0 Å². The zero-order valence-corrected chi connectivity index (χ0v) is 23.8. The van der Waals surface area contributed by atoms with E-state index in [2.05, 4.69) is 10.2 Å². The number of piperidine rings is 1. The summed E-state index contributed by atoms with van der Waals surface area (Å²) in [4.78, 5) is 15.9. The summed E-state index contributed by atoms with van der Waals surface area (Å²) < 4.78 is 86.1. The predicted octanol–water partition coefficient (Wildman–Crippen LogP) is 6.50. The summed E-state index contributed by atoms with van der Waals surface area (Å²) in [6, 6.07) is 10.9. The van der Waals surface area contributed by atoms with Gasteiger partial charge in [0.2, 0.25) is 5.91 Å². The van der Waals surface area contributed by atoms with E-state index in [9.17, 15) is 36.2 Å². The number of hydrogen-bond acceptors (Lipinski definition) is 4. The van der Waals surface area contributed by atoms with Crippen molar-refractivity contribution in [2.45, 2.75) is 75.3 Å². The van der Waals surface area contributed by atoms with Gasteiger partial charge in [-0.05, 0) is 87.9 Å². The Bertz CT molecular complexity index is 1170. The van der Waals surface area contributed by atoms with E-state index in [4.69, 9.17) is 4.74 Å². The van der Waals surface area contributed by atoms with Crippen LogP contribution in [0.2, 0.25) is 0 Å². The van der Waals surface area contributed by atoms with Crippen LogP contribution in [-0.2, 0) is 27.4 Å². The Balaban J connectivity index is 1.53. The summed E-state index contributed by atoms with van der Waals surface area (Å²) >= 11 is 0. The number of rotatable bonds is 8. The van der Waals surface area contributed by atoms with Crippen molar-refractivity contribution in [3.8, 4) is 0 Å². The molecule has 1 heterocycles. The van der Waals surface area contributed by atoms with Crippen LogP contribution in [0.15, 0.2) is 48.5 Å². The minimum Gasteiger partial charge on any atom is -0.396 e. The Hall–Kier alpha value is -2.63. The van der Waals surface area contributed by atoms with Crippen molar-refractivity contribution < 1.29 is 41.0 Å².